The third kappa shape index (κ3) is 4.13. The highest BCUT2D eigenvalue weighted by Crippen LogP contribution is 2.25. The Morgan fingerprint density at radius 3 is 2.71 bits per heavy atom. The predicted molar refractivity (Wildman–Crippen MR) is 84.7 cm³/mol. The van der Waals surface area contributed by atoms with Crippen molar-refractivity contribution in [2.75, 3.05) is 12.4 Å². The van der Waals surface area contributed by atoms with E-state index in [-0.39, 0.29) is 12.3 Å². The van der Waals surface area contributed by atoms with Gasteiger partial charge in [-0.25, -0.2) is 0 Å². The number of benzene rings is 2. The van der Waals surface area contributed by atoms with Crippen LogP contribution in [-0.2, 0) is 17.8 Å². The van der Waals surface area contributed by atoms with E-state index in [1.54, 1.807) is 7.11 Å². The average molecular weight is 305 g/mol. The molecule has 0 radical (unpaired) electrons. The summed E-state index contributed by atoms with van der Waals surface area (Å²) in [5.41, 5.74) is 8.05. The van der Waals surface area contributed by atoms with Gasteiger partial charge in [-0.05, 0) is 29.3 Å². The fourth-order valence-electron chi connectivity index (χ4n) is 2.05. The molecule has 0 saturated carbocycles. The van der Waals surface area contributed by atoms with E-state index >= 15 is 0 Å². The van der Waals surface area contributed by atoms with Crippen molar-refractivity contribution in [3.05, 3.63) is 58.6 Å². The number of methoxy groups -OCH3 is 1. The Morgan fingerprint density at radius 2 is 2.05 bits per heavy atom. The molecule has 0 bridgehead atoms. The summed E-state index contributed by atoms with van der Waals surface area (Å²) in [4.78, 5) is 11.1. The number of carbonyl (C=O) groups excluding carboxylic acids is 1. The number of carbonyl (C=O) groups is 1. The lowest BCUT2D eigenvalue weighted by molar-refractivity contribution is -0.117. The lowest BCUT2D eigenvalue weighted by Crippen LogP contribution is -2.15. The number of nitrogens with two attached hydrogens (primary N) is 1. The fraction of sp³-hybridized carbons (Fsp3) is 0.188. The summed E-state index contributed by atoms with van der Waals surface area (Å²) in [6, 6.07) is 13.2. The molecule has 0 aliphatic heterocycles. The summed E-state index contributed by atoms with van der Waals surface area (Å²) in [7, 11) is 1.58. The highest BCUT2D eigenvalue weighted by Gasteiger charge is 2.06. The molecule has 0 aromatic heterocycles. The van der Waals surface area contributed by atoms with Crippen LogP contribution in [-0.4, -0.2) is 13.0 Å². The van der Waals surface area contributed by atoms with Gasteiger partial charge in [0.05, 0.1) is 18.6 Å². The Morgan fingerprint density at radius 1 is 1.29 bits per heavy atom. The Bertz CT molecular complexity index is 644. The minimum atomic E-state index is -0.350. The molecule has 2 rings (SSSR count). The topological polar surface area (TPSA) is 64.3 Å². The summed E-state index contributed by atoms with van der Waals surface area (Å²) in [6.07, 6.45) is 0.215. The molecule has 2 aromatic rings. The number of halogens is 1. The molecular formula is C16H17ClN2O2. The summed E-state index contributed by atoms with van der Waals surface area (Å²) in [5, 5.41) is 3.86. The van der Waals surface area contributed by atoms with Crippen molar-refractivity contribution in [2.24, 2.45) is 5.73 Å². The number of amides is 1. The predicted octanol–water partition coefficient (Wildman–Crippen LogP) is 2.99. The zero-order chi connectivity index (χ0) is 15.2. The first-order chi connectivity index (χ1) is 10.1. The molecule has 4 nitrogen and oxygen atoms in total. The number of hydrogen-bond acceptors (Lipinski definition) is 3. The van der Waals surface area contributed by atoms with Gasteiger partial charge in [-0.3, -0.25) is 4.79 Å². The van der Waals surface area contributed by atoms with Crippen molar-refractivity contribution >= 4 is 23.2 Å². The first-order valence-corrected chi connectivity index (χ1v) is 6.90. The van der Waals surface area contributed by atoms with E-state index in [2.05, 4.69) is 5.32 Å². The van der Waals surface area contributed by atoms with E-state index in [1.165, 1.54) is 0 Å². The van der Waals surface area contributed by atoms with Crippen LogP contribution in [0.2, 0.25) is 5.02 Å². The summed E-state index contributed by atoms with van der Waals surface area (Å²) in [6.45, 7) is 0.597. The lowest BCUT2D eigenvalue weighted by Gasteiger charge is -2.12. The normalized spacial score (nSPS) is 10.2. The van der Waals surface area contributed by atoms with Gasteiger partial charge in [0.1, 0.15) is 5.75 Å². The molecule has 3 N–H and O–H groups in total. The molecule has 0 aliphatic rings. The SMILES string of the molecule is COc1ccc(CNc2ccccc2CC(N)=O)cc1Cl. The molecule has 0 saturated heterocycles. The number of nitrogens with one attached hydrogen (secondary N) is 1. The molecule has 110 valence electrons. The van der Waals surface area contributed by atoms with E-state index in [0.717, 1.165) is 16.8 Å². The van der Waals surface area contributed by atoms with Crippen LogP contribution in [0.5, 0.6) is 5.75 Å². The molecule has 0 unspecified atom stereocenters. The van der Waals surface area contributed by atoms with Crippen LogP contribution in [0.4, 0.5) is 5.69 Å². The Hall–Kier alpha value is -2.20. The van der Waals surface area contributed by atoms with Gasteiger partial charge in [0.25, 0.3) is 0 Å². The van der Waals surface area contributed by atoms with Gasteiger partial charge in [0.15, 0.2) is 0 Å². The molecule has 0 heterocycles. The largest absolute Gasteiger partial charge is 0.495 e. The van der Waals surface area contributed by atoms with Crippen LogP contribution >= 0.6 is 11.6 Å². The van der Waals surface area contributed by atoms with Gasteiger partial charge in [-0.1, -0.05) is 35.9 Å². The third-order valence-electron chi connectivity index (χ3n) is 3.08. The average Bonchev–Trinajstić information content (AvgIpc) is 2.46. The van der Waals surface area contributed by atoms with Crippen molar-refractivity contribution in [1.82, 2.24) is 0 Å². The second-order valence-corrected chi connectivity index (χ2v) is 5.03. The van der Waals surface area contributed by atoms with Crippen LogP contribution in [0.25, 0.3) is 0 Å². The molecular weight excluding hydrogens is 288 g/mol. The van der Waals surface area contributed by atoms with Crippen molar-refractivity contribution in [3.8, 4) is 5.75 Å². The summed E-state index contributed by atoms with van der Waals surface area (Å²) in [5.74, 6) is 0.297. The Labute approximate surface area is 128 Å². The second kappa shape index (κ2) is 6.99. The quantitative estimate of drug-likeness (QED) is 0.862. The molecule has 2 aromatic carbocycles. The summed E-state index contributed by atoms with van der Waals surface area (Å²) < 4.78 is 5.12. The van der Waals surface area contributed by atoms with Crippen LogP contribution in [0.3, 0.4) is 0 Å². The van der Waals surface area contributed by atoms with Crippen molar-refractivity contribution in [2.45, 2.75) is 13.0 Å². The number of primary amides is 1. The maximum atomic E-state index is 11.1. The Kier molecular flexibility index (Phi) is 5.06. The lowest BCUT2D eigenvalue weighted by atomic mass is 10.1. The van der Waals surface area contributed by atoms with Gasteiger partial charge < -0.3 is 15.8 Å². The number of para-hydroxylation sites is 1. The van der Waals surface area contributed by atoms with E-state index in [1.807, 2.05) is 42.5 Å². The molecule has 0 fully saturated rings. The molecule has 21 heavy (non-hydrogen) atoms. The summed E-state index contributed by atoms with van der Waals surface area (Å²) >= 11 is 6.10. The van der Waals surface area contributed by atoms with Crippen molar-refractivity contribution in [3.63, 3.8) is 0 Å². The molecule has 5 heteroatoms. The molecule has 0 aliphatic carbocycles. The monoisotopic (exact) mass is 304 g/mol. The highest BCUT2D eigenvalue weighted by molar-refractivity contribution is 6.32. The van der Waals surface area contributed by atoms with Gasteiger partial charge in [-0.2, -0.15) is 0 Å². The molecule has 1 amide bonds. The maximum absolute atomic E-state index is 11.1. The molecule has 0 spiro atoms. The maximum Gasteiger partial charge on any atom is 0.221 e. The van der Waals surface area contributed by atoms with E-state index in [4.69, 9.17) is 22.1 Å². The fourth-order valence-corrected chi connectivity index (χ4v) is 2.33. The van der Waals surface area contributed by atoms with Crippen LogP contribution < -0.4 is 15.8 Å². The van der Waals surface area contributed by atoms with Gasteiger partial charge in [0, 0.05) is 12.2 Å². The second-order valence-electron chi connectivity index (χ2n) is 4.62. The first kappa shape index (κ1) is 15.2. The van der Waals surface area contributed by atoms with Crippen LogP contribution in [0.1, 0.15) is 11.1 Å². The number of ether oxygens (including phenoxy) is 1. The minimum absolute atomic E-state index is 0.215. The van der Waals surface area contributed by atoms with Crippen LogP contribution in [0, 0.1) is 0 Å². The zero-order valence-electron chi connectivity index (χ0n) is 11.7. The van der Waals surface area contributed by atoms with Gasteiger partial charge >= 0.3 is 0 Å². The van der Waals surface area contributed by atoms with Gasteiger partial charge in [0.2, 0.25) is 5.91 Å². The van der Waals surface area contributed by atoms with E-state index in [0.29, 0.717) is 17.3 Å². The minimum Gasteiger partial charge on any atom is -0.495 e. The van der Waals surface area contributed by atoms with E-state index < -0.39 is 0 Å². The molecule has 0 atom stereocenters. The standard InChI is InChI=1S/C16H17ClN2O2/c1-21-15-7-6-11(8-13(15)17)10-19-14-5-3-2-4-12(14)9-16(18)20/h2-8,19H,9-10H2,1H3,(H2,18,20). The number of anilines is 1. The van der Waals surface area contributed by atoms with Gasteiger partial charge in [-0.15, -0.1) is 0 Å². The first-order valence-electron chi connectivity index (χ1n) is 6.52. The third-order valence-corrected chi connectivity index (χ3v) is 3.38. The number of hydrogen-bond donors (Lipinski definition) is 2. The smallest absolute Gasteiger partial charge is 0.221 e. The number of rotatable bonds is 6. The zero-order valence-corrected chi connectivity index (χ0v) is 12.5. The Balaban J connectivity index is 2.09. The van der Waals surface area contributed by atoms with E-state index in [9.17, 15) is 4.79 Å². The van der Waals surface area contributed by atoms with Crippen molar-refractivity contribution in [1.29, 1.82) is 0 Å². The van der Waals surface area contributed by atoms with Crippen LogP contribution in [0.15, 0.2) is 42.5 Å². The highest BCUT2D eigenvalue weighted by atomic mass is 35.5. The van der Waals surface area contributed by atoms with Crippen molar-refractivity contribution < 1.29 is 9.53 Å².